The zero-order chi connectivity index (χ0) is 16.8. The summed E-state index contributed by atoms with van der Waals surface area (Å²) in [5, 5.41) is 0. The van der Waals surface area contributed by atoms with Gasteiger partial charge >= 0.3 is 0 Å². The lowest BCUT2D eigenvalue weighted by Crippen LogP contribution is -2.46. The number of nitrogens with zero attached hydrogens (tertiary/aromatic N) is 2. The van der Waals surface area contributed by atoms with E-state index in [1.165, 1.54) is 11.3 Å². The molecule has 2 N–H and O–H groups in total. The average Bonchev–Trinajstić information content (AvgIpc) is 2.61. The molecule has 0 atom stereocenters. The first-order valence-electron chi connectivity index (χ1n) is 8.79. The van der Waals surface area contributed by atoms with Crippen molar-refractivity contribution in [2.75, 3.05) is 43.4 Å². The van der Waals surface area contributed by atoms with Gasteiger partial charge in [0.1, 0.15) is 5.75 Å². The Kier molecular flexibility index (Phi) is 5.59. The maximum Gasteiger partial charge on any atom is 0.123 e. The van der Waals surface area contributed by atoms with Crippen LogP contribution in [0.1, 0.15) is 18.9 Å². The van der Waals surface area contributed by atoms with Crippen LogP contribution in [-0.2, 0) is 6.54 Å². The summed E-state index contributed by atoms with van der Waals surface area (Å²) in [5.41, 5.74) is 9.37. The van der Waals surface area contributed by atoms with Gasteiger partial charge in [0.05, 0.1) is 6.61 Å². The number of nitrogen functional groups attached to an aromatic ring is 1. The SMILES string of the molecule is CCCOc1cc(N)cc(N2CCN(Cc3ccccc3)CC2)c1. The van der Waals surface area contributed by atoms with Crippen LogP contribution in [0.2, 0.25) is 0 Å². The van der Waals surface area contributed by atoms with Crippen LogP contribution in [0.25, 0.3) is 0 Å². The van der Waals surface area contributed by atoms with Gasteiger partial charge in [-0.3, -0.25) is 4.90 Å². The van der Waals surface area contributed by atoms with Gasteiger partial charge in [0.2, 0.25) is 0 Å². The Bertz CT molecular complexity index is 637. The highest BCUT2D eigenvalue weighted by atomic mass is 16.5. The predicted molar refractivity (Wildman–Crippen MR) is 101 cm³/mol. The van der Waals surface area contributed by atoms with Crippen molar-refractivity contribution >= 4 is 11.4 Å². The monoisotopic (exact) mass is 325 g/mol. The zero-order valence-corrected chi connectivity index (χ0v) is 14.4. The molecule has 2 aromatic carbocycles. The summed E-state index contributed by atoms with van der Waals surface area (Å²) in [6.07, 6.45) is 1.00. The highest BCUT2D eigenvalue weighted by Crippen LogP contribution is 2.26. The normalized spacial score (nSPS) is 15.5. The molecule has 0 bridgehead atoms. The molecular formula is C20H27N3O. The third-order valence-electron chi connectivity index (χ3n) is 4.37. The van der Waals surface area contributed by atoms with Gasteiger partial charge in [-0.25, -0.2) is 0 Å². The lowest BCUT2D eigenvalue weighted by Gasteiger charge is -2.36. The Morgan fingerprint density at radius 2 is 1.75 bits per heavy atom. The molecule has 2 aromatic rings. The average molecular weight is 325 g/mol. The molecule has 1 saturated heterocycles. The Balaban J connectivity index is 1.59. The van der Waals surface area contributed by atoms with Gasteiger partial charge in [0, 0.05) is 56.2 Å². The molecule has 0 aromatic heterocycles. The van der Waals surface area contributed by atoms with Crippen molar-refractivity contribution in [3.63, 3.8) is 0 Å². The first-order valence-corrected chi connectivity index (χ1v) is 8.79. The Hall–Kier alpha value is -2.20. The van der Waals surface area contributed by atoms with E-state index in [4.69, 9.17) is 10.5 Å². The van der Waals surface area contributed by atoms with Crippen LogP contribution >= 0.6 is 0 Å². The number of ether oxygens (including phenoxy) is 1. The fourth-order valence-corrected chi connectivity index (χ4v) is 3.10. The van der Waals surface area contributed by atoms with Crippen molar-refractivity contribution in [1.29, 1.82) is 0 Å². The van der Waals surface area contributed by atoms with Crippen molar-refractivity contribution in [2.24, 2.45) is 0 Å². The van der Waals surface area contributed by atoms with Crippen LogP contribution in [0, 0.1) is 0 Å². The first-order chi connectivity index (χ1) is 11.7. The van der Waals surface area contributed by atoms with E-state index in [1.54, 1.807) is 0 Å². The minimum atomic E-state index is 0.730. The second-order valence-corrected chi connectivity index (χ2v) is 6.36. The fourth-order valence-electron chi connectivity index (χ4n) is 3.10. The van der Waals surface area contributed by atoms with E-state index in [9.17, 15) is 0 Å². The summed E-state index contributed by atoms with van der Waals surface area (Å²) in [6, 6.07) is 16.7. The molecule has 0 spiro atoms. The molecule has 3 rings (SSSR count). The number of anilines is 2. The number of piperazine rings is 1. The smallest absolute Gasteiger partial charge is 0.123 e. The molecule has 1 fully saturated rings. The highest BCUT2D eigenvalue weighted by Gasteiger charge is 2.18. The van der Waals surface area contributed by atoms with Crippen molar-refractivity contribution < 1.29 is 4.74 Å². The maximum atomic E-state index is 6.05. The highest BCUT2D eigenvalue weighted by molar-refractivity contribution is 5.60. The van der Waals surface area contributed by atoms with Crippen LogP contribution in [0.5, 0.6) is 5.75 Å². The second kappa shape index (κ2) is 8.06. The molecule has 1 aliphatic heterocycles. The number of hydrogen-bond acceptors (Lipinski definition) is 4. The molecule has 0 radical (unpaired) electrons. The van der Waals surface area contributed by atoms with Crippen LogP contribution in [0.4, 0.5) is 11.4 Å². The van der Waals surface area contributed by atoms with Gasteiger partial charge in [-0.05, 0) is 18.1 Å². The van der Waals surface area contributed by atoms with Gasteiger partial charge in [0.15, 0.2) is 0 Å². The summed E-state index contributed by atoms with van der Waals surface area (Å²) in [5.74, 6) is 0.874. The third kappa shape index (κ3) is 4.42. The van der Waals surface area contributed by atoms with Gasteiger partial charge in [0.25, 0.3) is 0 Å². The van der Waals surface area contributed by atoms with E-state index < -0.39 is 0 Å². The van der Waals surface area contributed by atoms with E-state index >= 15 is 0 Å². The molecule has 4 heteroatoms. The van der Waals surface area contributed by atoms with Gasteiger partial charge in [-0.15, -0.1) is 0 Å². The van der Waals surface area contributed by atoms with Crippen LogP contribution in [-0.4, -0.2) is 37.7 Å². The largest absolute Gasteiger partial charge is 0.493 e. The number of rotatable bonds is 6. The summed E-state index contributed by atoms with van der Waals surface area (Å²) >= 11 is 0. The third-order valence-corrected chi connectivity index (χ3v) is 4.37. The fraction of sp³-hybridized carbons (Fsp3) is 0.400. The lowest BCUT2D eigenvalue weighted by atomic mass is 10.2. The van der Waals surface area contributed by atoms with E-state index in [2.05, 4.69) is 53.1 Å². The topological polar surface area (TPSA) is 41.7 Å². The Morgan fingerprint density at radius 3 is 2.46 bits per heavy atom. The molecule has 128 valence electrons. The van der Waals surface area contributed by atoms with E-state index in [0.29, 0.717) is 0 Å². The summed E-state index contributed by atoms with van der Waals surface area (Å²) in [4.78, 5) is 4.91. The minimum absolute atomic E-state index is 0.730. The molecule has 0 aliphatic carbocycles. The van der Waals surface area contributed by atoms with E-state index in [0.717, 1.165) is 57.2 Å². The maximum absolute atomic E-state index is 6.05. The molecule has 0 unspecified atom stereocenters. The molecule has 0 saturated carbocycles. The molecular weight excluding hydrogens is 298 g/mol. The molecule has 24 heavy (non-hydrogen) atoms. The molecule has 4 nitrogen and oxygen atoms in total. The number of nitrogens with two attached hydrogens (primary N) is 1. The van der Waals surface area contributed by atoms with Crippen LogP contribution in [0.15, 0.2) is 48.5 Å². The quantitative estimate of drug-likeness (QED) is 0.827. The zero-order valence-electron chi connectivity index (χ0n) is 14.4. The van der Waals surface area contributed by atoms with E-state index in [-0.39, 0.29) is 0 Å². The predicted octanol–water partition coefficient (Wildman–Crippen LogP) is 3.38. The molecule has 1 heterocycles. The summed E-state index contributed by atoms with van der Waals surface area (Å²) < 4.78 is 5.75. The minimum Gasteiger partial charge on any atom is -0.493 e. The molecule has 0 amide bonds. The van der Waals surface area contributed by atoms with Crippen molar-refractivity contribution in [3.8, 4) is 5.75 Å². The van der Waals surface area contributed by atoms with Gasteiger partial charge in [-0.1, -0.05) is 37.3 Å². The first kappa shape index (κ1) is 16.7. The Morgan fingerprint density at radius 1 is 1.00 bits per heavy atom. The Labute approximate surface area is 144 Å². The van der Waals surface area contributed by atoms with Crippen LogP contribution in [0.3, 0.4) is 0 Å². The summed E-state index contributed by atoms with van der Waals surface area (Å²) in [6.45, 7) is 8.03. The molecule has 1 aliphatic rings. The van der Waals surface area contributed by atoms with Crippen molar-refractivity contribution in [3.05, 3.63) is 54.1 Å². The van der Waals surface area contributed by atoms with Crippen molar-refractivity contribution in [2.45, 2.75) is 19.9 Å². The van der Waals surface area contributed by atoms with Crippen LogP contribution < -0.4 is 15.4 Å². The number of benzene rings is 2. The van der Waals surface area contributed by atoms with Gasteiger partial charge in [-0.2, -0.15) is 0 Å². The van der Waals surface area contributed by atoms with Gasteiger partial charge < -0.3 is 15.4 Å². The number of hydrogen-bond donors (Lipinski definition) is 1. The summed E-state index contributed by atoms with van der Waals surface area (Å²) in [7, 11) is 0. The second-order valence-electron chi connectivity index (χ2n) is 6.36. The lowest BCUT2D eigenvalue weighted by molar-refractivity contribution is 0.249. The van der Waals surface area contributed by atoms with E-state index in [1.807, 2.05) is 12.1 Å². The van der Waals surface area contributed by atoms with Crippen molar-refractivity contribution in [1.82, 2.24) is 4.90 Å². The standard InChI is InChI=1S/C20H27N3O/c1-2-12-24-20-14-18(21)13-19(15-20)23-10-8-22(9-11-23)16-17-6-4-3-5-7-17/h3-7,13-15H,2,8-12,16,21H2,1H3.